The maximum atomic E-state index is 13.0. The normalized spacial score (nSPS) is 17.6. The second-order valence-electron chi connectivity index (χ2n) is 9.12. The standard InChI is InChI=1S/C27H29ClN4O4S/c1-35-23-8-5-19(14-21(23)28)25(33)29-16-17-3-2-4-18(13-17)26(34)31-27-30-22-7-6-20(15-24(22)37-27)32-9-11-36-12-10-32/h2-5,8,13-14,20H,6-7,9-12,15-16H2,1H3,(H,29,33)(H,30,31,34). The quantitative estimate of drug-likeness (QED) is 0.467. The number of hydrogen-bond donors (Lipinski definition) is 2. The molecule has 10 heteroatoms. The molecule has 3 aromatic rings. The Bertz CT molecular complexity index is 1290. The molecule has 1 aromatic heterocycles. The molecule has 0 radical (unpaired) electrons. The third kappa shape index (κ3) is 6.13. The van der Waals surface area contributed by atoms with E-state index in [2.05, 4.69) is 15.5 Å². The second-order valence-corrected chi connectivity index (χ2v) is 10.6. The van der Waals surface area contributed by atoms with Crippen molar-refractivity contribution in [1.82, 2.24) is 15.2 Å². The van der Waals surface area contributed by atoms with Gasteiger partial charge in [0.25, 0.3) is 11.8 Å². The van der Waals surface area contributed by atoms with Crippen molar-refractivity contribution in [2.24, 2.45) is 0 Å². The lowest BCUT2D eigenvalue weighted by Crippen LogP contribution is -2.45. The van der Waals surface area contributed by atoms with Gasteiger partial charge in [-0.25, -0.2) is 4.98 Å². The van der Waals surface area contributed by atoms with Crippen LogP contribution in [0.2, 0.25) is 5.02 Å². The highest BCUT2D eigenvalue weighted by Crippen LogP contribution is 2.32. The van der Waals surface area contributed by atoms with Crippen LogP contribution in [-0.4, -0.2) is 61.2 Å². The molecule has 194 valence electrons. The van der Waals surface area contributed by atoms with Gasteiger partial charge in [0.15, 0.2) is 5.13 Å². The summed E-state index contributed by atoms with van der Waals surface area (Å²) >= 11 is 7.70. The van der Waals surface area contributed by atoms with E-state index in [9.17, 15) is 9.59 Å². The summed E-state index contributed by atoms with van der Waals surface area (Å²) in [5, 5.41) is 6.84. The van der Waals surface area contributed by atoms with Crippen LogP contribution in [0.15, 0.2) is 42.5 Å². The lowest BCUT2D eigenvalue weighted by Gasteiger charge is -2.36. The smallest absolute Gasteiger partial charge is 0.257 e. The van der Waals surface area contributed by atoms with Crippen LogP contribution in [0.25, 0.3) is 0 Å². The van der Waals surface area contributed by atoms with Crippen molar-refractivity contribution in [3.05, 3.63) is 74.7 Å². The average molecular weight is 541 g/mol. The zero-order valence-corrected chi connectivity index (χ0v) is 22.2. The molecule has 1 aliphatic heterocycles. The molecule has 2 aliphatic rings. The van der Waals surface area contributed by atoms with Crippen LogP contribution in [0.3, 0.4) is 0 Å². The summed E-state index contributed by atoms with van der Waals surface area (Å²) in [6.07, 6.45) is 2.98. The molecule has 0 bridgehead atoms. The van der Waals surface area contributed by atoms with E-state index in [4.69, 9.17) is 26.1 Å². The lowest BCUT2D eigenvalue weighted by molar-refractivity contribution is 0.0139. The summed E-state index contributed by atoms with van der Waals surface area (Å²) in [5.41, 5.74) is 2.86. The first-order chi connectivity index (χ1) is 18.0. The molecule has 8 nitrogen and oxygen atoms in total. The molecule has 2 amide bonds. The maximum absolute atomic E-state index is 13.0. The number of hydrogen-bond acceptors (Lipinski definition) is 7. The zero-order valence-electron chi connectivity index (χ0n) is 20.6. The van der Waals surface area contributed by atoms with Gasteiger partial charge in [-0.3, -0.25) is 19.8 Å². The number of carbonyl (C=O) groups is 2. The molecule has 2 aromatic carbocycles. The summed E-state index contributed by atoms with van der Waals surface area (Å²) in [6.45, 7) is 3.83. The minimum atomic E-state index is -0.261. The Morgan fingerprint density at radius 3 is 2.76 bits per heavy atom. The van der Waals surface area contributed by atoms with Crippen molar-refractivity contribution < 1.29 is 19.1 Å². The molecular formula is C27H29ClN4O4S. The number of methoxy groups -OCH3 is 1. The molecule has 2 N–H and O–H groups in total. The fourth-order valence-corrected chi connectivity index (χ4v) is 6.08. The highest BCUT2D eigenvalue weighted by molar-refractivity contribution is 7.15. The third-order valence-corrected chi connectivity index (χ3v) is 8.08. The molecule has 37 heavy (non-hydrogen) atoms. The fourth-order valence-electron chi connectivity index (χ4n) is 4.75. The van der Waals surface area contributed by atoms with Crippen LogP contribution in [0.5, 0.6) is 5.75 Å². The number of benzene rings is 2. The molecule has 1 fully saturated rings. The minimum Gasteiger partial charge on any atom is -0.495 e. The second kappa shape index (κ2) is 11.6. The number of aromatic nitrogens is 1. The fraction of sp³-hybridized carbons (Fsp3) is 0.370. The van der Waals surface area contributed by atoms with Gasteiger partial charge < -0.3 is 14.8 Å². The maximum Gasteiger partial charge on any atom is 0.257 e. The number of thiazole rings is 1. The number of fused-ring (bicyclic) bond motifs is 1. The molecule has 1 aliphatic carbocycles. The Morgan fingerprint density at radius 1 is 1.16 bits per heavy atom. The van der Waals surface area contributed by atoms with Crippen molar-refractivity contribution in [2.75, 3.05) is 38.7 Å². The van der Waals surface area contributed by atoms with Crippen LogP contribution in [0.1, 0.15) is 43.3 Å². The Hall–Kier alpha value is -2.98. The average Bonchev–Trinajstić information content (AvgIpc) is 3.33. The molecule has 1 unspecified atom stereocenters. The highest BCUT2D eigenvalue weighted by atomic mass is 35.5. The molecule has 0 spiro atoms. The molecule has 1 atom stereocenters. The molecular weight excluding hydrogens is 512 g/mol. The summed E-state index contributed by atoms with van der Waals surface area (Å²) < 4.78 is 10.6. The summed E-state index contributed by atoms with van der Waals surface area (Å²) in [5.74, 6) is 0.0315. The summed E-state index contributed by atoms with van der Waals surface area (Å²) in [4.78, 5) is 34.0. The van der Waals surface area contributed by atoms with Crippen molar-refractivity contribution in [3.63, 3.8) is 0 Å². The number of morpholine rings is 1. The number of halogens is 1. The van der Waals surface area contributed by atoms with Crippen LogP contribution >= 0.6 is 22.9 Å². The number of amides is 2. The Balaban J connectivity index is 1.18. The van der Waals surface area contributed by atoms with Gasteiger partial charge in [0.1, 0.15) is 5.75 Å². The Morgan fingerprint density at radius 2 is 1.97 bits per heavy atom. The van der Waals surface area contributed by atoms with Gasteiger partial charge in [0.05, 0.1) is 31.0 Å². The van der Waals surface area contributed by atoms with Crippen molar-refractivity contribution in [3.8, 4) is 5.75 Å². The van der Waals surface area contributed by atoms with E-state index < -0.39 is 0 Å². The highest BCUT2D eigenvalue weighted by Gasteiger charge is 2.28. The van der Waals surface area contributed by atoms with Crippen molar-refractivity contribution in [2.45, 2.75) is 31.8 Å². The number of rotatable bonds is 7. The Labute approximate surface area is 224 Å². The minimum absolute atomic E-state index is 0.217. The van der Waals surface area contributed by atoms with E-state index in [0.29, 0.717) is 33.1 Å². The third-order valence-electron chi connectivity index (χ3n) is 6.75. The van der Waals surface area contributed by atoms with Gasteiger partial charge in [-0.2, -0.15) is 0 Å². The predicted molar refractivity (Wildman–Crippen MR) is 144 cm³/mol. The van der Waals surface area contributed by atoms with Crippen LogP contribution < -0.4 is 15.4 Å². The van der Waals surface area contributed by atoms with Gasteiger partial charge in [0.2, 0.25) is 0 Å². The van der Waals surface area contributed by atoms with Crippen molar-refractivity contribution >= 4 is 39.9 Å². The Kier molecular flexibility index (Phi) is 8.05. The first-order valence-electron chi connectivity index (χ1n) is 12.3. The van der Waals surface area contributed by atoms with Gasteiger partial charge in [-0.05, 0) is 55.2 Å². The molecule has 2 heterocycles. The number of anilines is 1. The largest absolute Gasteiger partial charge is 0.495 e. The number of carbonyl (C=O) groups excluding carboxylic acids is 2. The van der Waals surface area contributed by atoms with Crippen LogP contribution in [-0.2, 0) is 24.1 Å². The first-order valence-corrected chi connectivity index (χ1v) is 13.5. The summed E-state index contributed by atoms with van der Waals surface area (Å²) in [7, 11) is 1.52. The van der Waals surface area contributed by atoms with Crippen LogP contribution in [0.4, 0.5) is 5.13 Å². The molecule has 0 saturated carbocycles. The monoisotopic (exact) mass is 540 g/mol. The summed E-state index contributed by atoms with van der Waals surface area (Å²) in [6, 6.07) is 12.6. The van der Waals surface area contributed by atoms with E-state index in [1.807, 2.05) is 6.07 Å². The number of aryl methyl sites for hydroxylation is 1. The SMILES string of the molecule is COc1ccc(C(=O)NCc2cccc(C(=O)Nc3nc4c(s3)CC(N3CCOCC3)CC4)c2)cc1Cl. The van der Waals surface area contributed by atoms with Gasteiger partial charge in [0, 0.05) is 41.7 Å². The van der Waals surface area contributed by atoms with Gasteiger partial charge in [-0.15, -0.1) is 11.3 Å². The first kappa shape index (κ1) is 25.7. The zero-order chi connectivity index (χ0) is 25.8. The van der Waals surface area contributed by atoms with Crippen molar-refractivity contribution in [1.29, 1.82) is 0 Å². The topological polar surface area (TPSA) is 92.8 Å². The predicted octanol–water partition coefficient (Wildman–Crippen LogP) is 4.18. The van der Waals surface area contributed by atoms with E-state index in [1.165, 1.54) is 12.0 Å². The van der Waals surface area contributed by atoms with Gasteiger partial charge >= 0.3 is 0 Å². The lowest BCUT2D eigenvalue weighted by atomic mass is 9.96. The van der Waals surface area contributed by atoms with Crippen LogP contribution in [0, 0.1) is 0 Å². The van der Waals surface area contributed by atoms with E-state index >= 15 is 0 Å². The number of ether oxygens (including phenoxy) is 2. The van der Waals surface area contributed by atoms with E-state index in [-0.39, 0.29) is 18.4 Å². The number of nitrogens with one attached hydrogen (secondary N) is 2. The van der Waals surface area contributed by atoms with E-state index in [0.717, 1.165) is 56.8 Å². The molecule has 1 saturated heterocycles. The molecule has 5 rings (SSSR count). The van der Waals surface area contributed by atoms with E-state index in [1.54, 1.807) is 47.7 Å². The number of nitrogens with zero attached hydrogens (tertiary/aromatic N) is 2. The van der Waals surface area contributed by atoms with Gasteiger partial charge in [-0.1, -0.05) is 23.7 Å².